The molecule has 0 aliphatic carbocycles. The summed E-state index contributed by atoms with van der Waals surface area (Å²) in [7, 11) is -2.79. The van der Waals surface area contributed by atoms with Crippen molar-refractivity contribution in [1.82, 2.24) is 0 Å². The third-order valence-corrected chi connectivity index (χ3v) is 11.3. The van der Waals surface area contributed by atoms with Gasteiger partial charge in [-0.15, -0.1) is 22.7 Å². The van der Waals surface area contributed by atoms with Crippen LogP contribution in [0.2, 0.25) is 0 Å². The van der Waals surface area contributed by atoms with E-state index in [0.717, 1.165) is 23.5 Å². The molecule has 20 heavy (non-hydrogen) atoms. The van der Waals surface area contributed by atoms with Crippen LogP contribution >= 0.6 is 61.7 Å². The predicted octanol–water partition coefficient (Wildman–Crippen LogP) is 4.95. The molecule has 0 unspecified atom stereocenters. The van der Waals surface area contributed by atoms with Gasteiger partial charge in [-0.2, -0.15) is 0 Å². The van der Waals surface area contributed by atoms with E-state index in [1.165, 1.54) is 9.75 Å². The summed E-state index contributed by atoms with van der Waals surface area (Å²) in [5, 5.41) is 2.72. The summed E-state index contributed by atoms with van der Waals surface area (Å²) in [6, 6.07) is 13.9. The summed E-state index contributed by atoms with van der Waals surface area (Å²) in [6.45, 7) is 0. The number of hydrogen-bond donors (Lipinski definition) is 0. The Morgan fingerprint density at radius 1 is 0.850 bits per heavy atom. The number of hydrogen-bond acceptors (Lipinski definition) is 3. The normalized spacial score (nSPS) is 15.1. The molecule has 0 saturated carbocycles. The molecular weight excluding hydrogens is 439 g/mol. The summed E-state index contributed by atoms with van der Waals surface area (Å²) in [4.78, 5) is 2.36. The van der Waals surface area contributed by atoms with Crippen LogP contribution in [0.25, 0.3) is 9.75 Å². The molecule has 1 aliphatic rings. The fourth-order valence-corrected chi connectivity index (χ4v) is 10.6. The highest BCUT2D eigenvalue weighted by Gasteiger charge is 2.38. The van der Waals surface area contributed by atoms with Crippen molar-refractivity contribution in [2.45, 2.75) is 0 Å². The maximum absolute atomic E-state index is 14.0. The first-order valence-corrected chi connectivity index (χ1v) is 10.8. The lowest BCUT2D eigenvalue weighted by Crippen LogP contribution is -2.24. The highest BCUT2D eigenvalue weighted by atomic mass is 79.9. The molecule has 2 aromatic heterocycles. The van der Waals surface area contributed by atoms with Crippen molar-refractivity contribution in [3.05, 3.63) is 50.0 Å². The molecule has 0 radical (unpaired) electrons. The largest absolute Gasteiger partial charge is 0.308 e. The van der Waals surface area contributed by atoms with Gasteiger partial charge in [-0.05, 0) is 44.0 Å². The van der Waals surface area contributed by atoms with E-state index in [1.807, 2.05) is 30.3 Å². The van der Waals surface area contributed by atoms with Crippen molar-refractivity contribution >= 4 is 77.6 Å². The van der Waals surface area contributed by atoms with Gasteiger partial charge in [0.25, 0.3) is 0 Å². The summed E-state index contributed by atoms with van der Waals surface area (Å²) >= 11 is 10.5. The van der Waals surface area contributed by atoms with Crippen molar-refractivity contribution in [2.75, 3.05) is 0 Å². The van der Waals surface area contributed by atoms with Crippen molar-refractivity contribution < 1.29 is 4.57 Å². The number of thiophene rings is 2. The van der Waals surface area contributed by atoms with Crippen molar-refractivity contribution in [3.63, 3.8) is 0 Å². The maximum atomic E-state index is 14.0. The van der Waals surface area contributed by atoms with Gasteiger partial charge in [0.1, 0.15) is 0 Å². The molecule has 1 aromatic carbocycles. The Hall–Kier alpha value is -0.190. The summed E-state index contributed by atoms with van der Waals surface area (Å²) in [6.07, 6.45) is 0. The molecule has 100 valence electrons. The Bertz CT molecular complexity index is 816. The highest BCUT2D eigenvalue weighted by molar-refractivity contribution is 9.11. The molecule has 0 amide bonds. The van der Waals surface area contributed by atoms with Gasteiger partial charge in [0.15, 0.2) is 7.14 Å². The SMILES string of the molecule is O=P1(c2ccccc2)c2cc(sc2Br)-c2cc1c(Br)s2. The Morgan fingerprint density at radius 3 is 1.85 bits per heavy atom. The topological polar surface area (TPSA) is 17.1 Å². The Morgan fingerprint density at radius 2 is 1.35 bits per heavy atom. The van der Waals surface area contributed by atoms with Crippen LogP contribution in [0, 0.1) is 0 Å². The monoisotopic (exact) mass is 444 g/mol. The molecule has 1 nitrogen and oxygen atoms in total. The lowest BCUT2D eigenvalue weighted by Gasteiger charge is -2.18. The molecule has 6 heteroatoms. The molecule has 0 atom stereocenters. The first-order chi connectivity index (χ1) is 9.60. The van der Waals surface area contributed by atoms with Crippen LogP contribution in [-0.4, -0.2) is 0 Å². The van der Waals surface area contributed by atoms with E-state index < -0.39 is 7.14 Å². The second-order valence-electron chi connectivity index (χ2n) is 4.48. The van der Waals surface area contributed by atoms with E-state index in [2.05, 4.69) is 44.0 Å². The first kappa shape index (κ1) is 13.5. The van der Waals surface area contributed by atoms with E-state index in [0.29, 0.717) is 0 Å². The van der Waals surface area contributed by atoms with Gasteiger partial charge in [0.05, 0.1) is 7.57 Å². The summed E-state index contributed by atoms with van der Waals surface area (Å²) in [5.41, 5.74) is 0. The third-order valence-electron chi connectivity index (χ3n) is 3.38. The van der Waals surface area contributed by atoms with Crippen molar-refractivity contribution in [2.24, 2.45) is 0 Å². The smallest absolute Gasteiger partial charge is 0.174 e. The molecule has 0 fully saturated rings. The number of halogens is 2. The van der Waals surface area contributed by atoms with Crippen LogP contribution in [0.15, 0.2) is 50.0 Å². The zero-order chi connectivity index (χ0) is 13.9. The average molecular weight is 446 g/mol. The summed E-state index contributed by atoms with van der Waals surface area (Å²) in [5.74, 6) is 0. The molecule has 3 aromatic rings. The highest BCUT2D eigenvalue weighted by Crippen LogP contribution is 2.54. The quantitative estimate of drug-likeness (QED) is 0.378. The molecule has 0 saturated heterocycles. The van der Waals surface area contributed by atoms with Crippen molar-refractivity contribution in [1.29, 1.82) is 0 Å². The molecule has 4 bridgehead atoms. The van der Waals surface area contributed by atoms with Gasteiger partial charge in [-0.25, -0.2) is 0 Å². The van der Waals surface area contributed by atoms with E-state index >= 15 is 0 Å². The van der Waals surface area contributed by atoms with Gasteiger partial charge < -0.3 is 4.57 Å². The Kier molecular flexibility index (Phi) is 3.13. The van der Waals surface area contributed by atoms with Crippen LogP contribution in [-0.2, 0) is 4.57 Å². The van der Waals surface area contributed by atoms with Gasteiger partial charge in [0, 0.05) is 25.7 Å². The predicted molar refractivity (Wildman–Crippen MR) is 96.0 cm³/mol. The van der Waals surface area contributed by atoms with E-state index in [-0.39, 0.29) is 0 Å². The standard InChI is InChI=1S/C14H7Br2OPS2/c15-13-9-6-11(19-13)12-7-10(14(16)20-12)18(9,17)8-4-2-1-3-5-8/h1-7H. The fraction of sp³-hybridized carbons (Fsp3) is 0. The number of benzene rings is 1. The minimum Gasteiger partial charge on any atom is -0.308 e. The Balaban J connectivity index is 2.16. The Labute approximate surface area is 141 Å². The lowest BCUT2D eigenvalue weighted by atomic mass is 10.4. The molecule has 0 N–H and O–H groups in total. The van der Waals surface area contributed by atoms with E-state index in [4.69, 9.17) is 0 Å². The lowest BCUT2D eigenvalue weighted by molar-refractivity contribution is 0.592. The molecule has 4 rings (SSSR count). The zero-order valence-electron chi connectivity index (χ0n) is 9.97. The minimum atomic E-state index is -2.79. The van der Waals surface area contributed by atoms with Gasteiger partial charge >= 0.3 is 0 Å². The van der Waals surface area contributed by atoms with Crippen LogP contribution in [0.1, 0.15) is 0 Å². The fourth-order valence-electron chi connectivity index (χ4n) is 2.44. The van der Waals surface area contributed by atoms with Crippen LogP contribution < -0.4 is 15.9 Å². The number of rotatable bonds is 1. The van der Waals surface area contributed by atoms with Gasteiger partial charge in [0.2, 0.25) is 0 Å². The average Bonchev–Trinajstić information content (AvgIpc) is 3.00. The zero-order valence-corrected chi connectivity index (χ0v) is 15.7. The van der Waals surface area contributed by atoms with Crippen molar-refractivity contribution in [3.8, 4) is 9.75 Å². The molecule has 0 spiro atoms. The molecule has 3 heterocycles. The maximum Gasteiger partial charge on any atom is 0.174 e. The summed E-state index contributed by atoms with van der Waals surface area (Å²) < 4.78 is 15.9. The van der Waals surface area contributed by atoms with E-state index in [1.54, 1.807) is 22.7 Å². The molecular formula is C14H7Br2OPS2. The second-order valence-corrected chi connectivity index (χ2v) is 11.9. The first-order valence-electron chi connectivity index (χ1n) is 5.86. The minimum absolute atomic E-state index is 0.886. The van der Waals surface area contributed by atoms with Gasteiger partial charge in [-0.3, -0.25) is 0 Å². The van der Waals surface area contributed by atoms with Crippen LogP contribution in [0.5, 0.6) is 0 Å². The number of fused-ring (bicyclic) bond motifs is 5. The second kappa shape index (κ2) is 4.65. The van der Waals surface area contributed by atoms with Crippen LogP contribution in [0.4, 0.5) is 0 Å². The van der Waals surface area contributed by atoms with Gasteiger partial charge in [-0.1, -0.05) is 30.3 Å². The molecule has 1 aliphatic heterocycles. The van der Waals surface area contributed by atoms with E-state index in [9.17, 15) is 4.57 Å². The van der Waals surface area contributed by atoms with Crippen LogP contribution in [0.3, 0.4) is 0 Å². The third kappa shape index (κ3) is 1.74.